The highest BCUT2D eigenvalue weighted by molar-refractivity contribution is 7.08. The lowest BCUT2D eigenvalue weighted by Crippen LogP contribution is -2.38. The Bertz CT molecular complexity index is 703. The van der Waals surface area contributed by atoms with Gasteiger partial charge in [0.1, 0.15) is 0 Å². The second-order valence-electron chi connectivity index (χ2n) is 6.26. The zero-order chi connectivity index (χ0) is 17.6. The zero-order valence-corrected chi connectivity index (χ0v) is 15.0. The first-order valence-electron chi connectivity index (χ1n) is 8.55. The molecule has 25 heavy (non-hydrogen) atoms. The molecule has 1 unspecified atom stereocenters. The van der Waals surface area contributed by atoms with Gasteiger partial charge in [0, 0.05) is 44.0 Å². The van der Waals surface area contributed by atoms with Crippen molar-refractivity contribution < 1.29 is 9.59 Å². The minimum atomic E-state index is -0.291. The Morgan fingerprint density at radius 3 is 2.48 bits per heavy atom. The first-order chi connectivity index (χ1) is 12.1. The molecule has 2 N–H and O–H groups in total. The molecule has 2 aromatic rings. The molecule has 132 valence electrons. The van der Waals surface area contributed by atoms with E-state index in [4.69, 9.17) is 5.73 Å². The first-order valence-corrected chi connectivity index (χ1v) is 9.49. The number of benzene rings is 1. The van der Waals surface area contributed by atoms with Crippen molar-refractivity contribution in [3.05, 3.63) is 58.3 Å². The topological polar surface area (TPSA) is 66.6 Å². The lowest BCUT2D eigenvalue weighted by Gasteiger charge is -2.23. The molecule has 2 heterocycles. The fraction of sp³-hybridized carbons (Fsp3) is 0.368. The molecule has 1 atom stereocenters. The third-order valence-corrected chi connectivity index (χ3v) is 5.21. The van der Waals surface area contributed by atoms with Crippen LogP contribution in [0.3, 0.4) is 0 Å². The van der Waals surface area contributed by atoms with Crippen LogP contribution in [0.25, 0.3) is 0 Å². The standard InChI is InChI=1S/C19H23N3O2S/c20-17(15-5-2-1-3-6-15)13-18(23)21-8-4-9-22(11-10-21)19(24)16-7-12-25-14-16/h1-3,5-7,12,14,17H,4,8-11,13,20H2. The Hall–Kier alpha value is -2.18. The normalized spacial score (nSPS) is 16.4. The van der Waals surface area contributed by atoms with Crippen molar-refractivity contribution >= 4 is 23.2 Å². The molecule has 1 aliphatic heterocycles. The van der Waals surface area contributed by atoms with Crippen molar-refractivity contribution in [1.29, 1.82) is 0 Å². The molecule has 0 aliphatic carbocycles. The predicted molar refractivity (Wildman–Crippen MR) is 99.4 cm³/mol. The molecule has 2 amide bonds. The summed E-state index contributed by atoms with van der Waals surface area (Å²) in [5.41, 5.74) is 7.87. The van der Waals surface area contributed by atoms with Gasteiger partial charge >= 0.3 is 0 Å². The van der Waals surface area contributed by atoms with Crippen molar-refractivity contribution in [2.45, 2.75) is 18.9 Å². The van der Waals surface area contributed by atoms with Gasteiger partial charge < -0.3 is 15.5 Å². The zero-order valence-electron chi connectivity index (χ0n) is 14.1. The van der Waals surface area contributed by atoms with Crippen molar-refractivity contribution in [2.75, 3.05) is 26.2 Å². The average molecular weight is 357 g/mol. The van der Waals surface area contributed by atoms with Crippen LogP contribution in [-0.4, -0.2) is 47.8 Å². The first kappa shape index (κ1) is 17.6. The Morgan fingerprint density at radius 1 is 1.04 bits per heavy atom. The second-order valence-corrected chi connectivity index (χ2v) is 7.04. The fourth-order valence-electron chi connectivity index (χ4n) is 3.07. The minimum Gasteiger partial charge on any atom is -0.341 e. The molecule has 1 fully saturated rings. The molecule has 6 heteroatoms. The van der Waals surface area contributed by atoms with E-state index in [0.717, 1.165) is 17.5 Å². The van der Waals surface area contributed by atoms with Gasteiger partial charge in [0.15, 0.2) is 0 Å². The van der Waals surface area contributed by atoms with E-state index in [-0.39, 0.29) is 17.9 Å². The Balaban J connectivity index is 1.55. The number of rotatable bonds is 4. The molecule has 0 spiro atoms. The van der Waals surface area contributed by atoms with Gasteiger partial charge in [-0.3, -0.25) is 9.59 Å². The monoisotopic (exact) mass is 357 g/mol. The summed E-state index contributed by atoms with van der Waals surface area (Å²) in [6, 6.07) is 11.2. The Labute approximate surface area is 152 Å². The quantitative estimate of drug-likeness (QED) is 0.914. The molecule has 1 aromatic carbocycles. The number of amides is 2. The highest BCUT2D eigenvalue weighted by Crippen LogP contribution is 2.17. The summed E-state index contributed by atoms with van der Waals surface area (Å²) in [6.07, 6.45) is 1.09. The van der Waals surface area contributed by atoms with Gasteiger partial charge in [0.2, 0.25) is 5.91 Å². The van der Waals surface area contributed by atoms with Crippen molar-refractivity contribution in [3.8, 4) is 0 Å². The van der Waals surface area contributed by atoms with E-state index in [2.05, 4.69) is 0 Å². The number of carbonyl (C=O) groups is 2. The van der Waals surface area contributed by atoms with Crippen LogP contribution in [-0.2, 0) is 4.79 Å². The smallest absolute Gasteiger partial charge is 0.254 e. The van der Waals surface area contributed by atoms with Gasteiger partial charge in [-0.15, -0.1) is 0 Å². The number of hydrogen-bond acceptors (Lipinski definition) is 4. The third-order valence-electron chi connectivity index (χ3n) is 4.53. The van der Waals surface area contributed by atoms with Crippen LogP contribution >= 0.6 is 11.3 Å². The number of hydrogen-bond donors (Lipinski definition) is 1. The maximum Gasteiger partial charge on any atom is 0.254 e. The van der Waals surface area contributed by atoms with E-state index in [1.165, 1.54) is 11.3 Å². The summed E-state index contributed by atoms with van der Waals surface area (Å²) in [7, 11) is 0. The third kappa shape index (κ3) is 4.46. The summed E-state index contributed by atoms with van der Waals surface area (Å²) in [6.45, 7) is 2.49. The Morgan fingerprint density at radius 2 is 1.76 bits per heavy atom. The number of nitrogens with two attached hydrogens (primary N) is 1. The van der Waals surface area contributed by atoms with Gasteiger partial charge in [-0.25, -0.2) is 0 Å². The molecule has 1 aliphatic rings. The summed E-state index contributed by atoms with van der Waals surface area (Å²) >= 11 is 1.52. The van der Waals surface area contributed by atoms with Gasteiger partial charge in [-0.1, -0.05) is 30.3 Å². The van der Waals surface area contributed by atoms with Crippen LogP contribution in [0.15, 0.2) is 47.2 Å². The molecule has 1 saturated heterocycles. The maximum atomic E-state index is 12.6. The van der Waals surface area contributed by atoms with E-state index < -0.39 is 0 Å². The van der Waals surface area contributed by atoms with Crippen LogP contribution in [0.2, 0.25) is 0 Å². The van der Waals surface area contributed by atoms with Crippen molar-refractivity contribution in [3.63, 3.8) is 0 Å². The van der Waals surface area contributed by atoms with E-state index in [1.54, 1.807) is 0 Å². The molecule has 1 aromatic heterocycles. The van der Waals surface area contributed by atoms with Gasteiger partial charge in [0.05, 0.1) is 5.56 Å². The van der Waals surface area contributed by atoms with E-state index in [0.29, 0.717) is 32.6 Å². The lowest BCUT2D eigenvalue weighted by molar-refractivity contribution is -0.131. The highest BCUT2D eigenvalue weighted by Gasteiger charge is 2.24. The van der Waals surface area contributed by atoms with Crippen LogP contribution in [0.1, 0.15) is 34.8 Å². The van der Waals surface area contributed by atoms with E-state index in [9.17, 15) is 9.59 Å². The predicted octanol–water partition coefficient (Wildman–Crippen LogP) is 2.51. The SMILES string of the molecule is NC(CC(=O)N1CCCN(C(=O)c2ccsc2)CC1)c1ccccc1. The maximum absolute atomic E-state index is 12.6. The molecule has 0 radical (unpaired) electrons. The van der Waals surface area contributed by atoms with Crippen LogP contribution in [0.4, 0.5) is 0 Å². The van der Waals surface area contributed by atoms with E-state index in [1.807, 2.05) is 57.0 Å². The van der Waals surface area contributed by atoms with Crippen LogP contribution < -0.4 is 5.73 Å². The fourth-order valence-corrected chi connectivity index (χ4v) is 3.70. The summed E-state index contributed by atoms with van der Waals surface area (Å²) in [5, 5.41) is 3.78. The number of nitrogens with zero attached hydrogens (tertiary/aromatic N) is 2. The van der Waals surface area contributed by atoms with Gasteiger partial charge in [-0.2, -0.15) is 11.3 Å². The average Bonchev–Trinajstić information content (AvgIpc) is 3.06. The van der Waals surface area contributed by atoms with Crippen LogP contribution in [0.5, 0.6) is 0 Å². The lowest BCUT2D eigenvalue weighted by atomic mass is 10.0. The molecule has 3 rings (SSSR count). The van der Waals surface area contributed by atoms with Gasteiger partial charge in [-0.05, 0) is 23.4 Å². The van der Waals surface area contributed by atoms with Crippen molar-refractivity contribution in [2.24, 2.45) is 5.73 Å². The summed E-state index contributed by atoms with van der Waals surface area (Å²) < 4.78 is 0. The van der Waals surface area contributed by atoms with Gasteiger partial charge in [0.25, 0.3) is 5.91 Å². The molecule has 0 bridgehead atoms. The largest absolute Gasteiger partial charge is 0.341 e. The van der Waals surface area contributed by atoms with E-state index >= 15 is 0 Å². The Kier molecular flexibility index (Phi) is 5.83. The van der Waals surface area contributed by atoms with Crippen LogP contribution in [0, 0.1) is 0 Å². The number of thiophene rings is 1. The molecule has 5 nitrogen and oxygen atoms in total. The molecular weight excluding hydrogens is 334 g/mol. The highest BCUT2D eigenvalue weighted by atomic mass is 32.1. The summed E-state index contributed by atoms with van der Waals surface area (Å²) in [4.78, 5) is 28.7. The molecule has 0 saturated carbocycles. The minimum absolute atomic E-state index is 0.0523. The second kappa shape index (κ2) is 8.27. The number of carbonyl (C=O) groups excluding carboxylic acids is 2. The summed E-state index contributed by atoms with van der Waals surface area (Å²) in [5.74, 6) is 0.109. The molecular formula is C19H23N3O2S. The van der Waals surface area contributed by atoms with Crippen molar-refractivity contribution in [1.82, 2.24) is 9.80 Å².